The maximum absolute atomic E-state index is 4.60. The van der Waals surface area contributed by atoms with Crippen LogP contribution in [0.25, 0.3) is 10.9 Å². The quantitative estimate of drug-likeness (QED) is 0.885. The highest BCUT2D eigenvalue weighted by Crippen LogP contribution is 2.40. The maximum atomic E-state index is 4.60. The third-order valence-corrected chi connectivity index (χ3v) is 4.93. The van der Waals surface area contributed by atoms with Crippen molar-refractivity contribution in [2.24, 2.45) is 0 Å². The van der Waals surface area contributed by atoms with Crippen molar-refractivity contribution in [1.82, 2.24) is 4.98 Å². The second kappa shape index (κ2) is 3.89. The first kappa shape index (κ1) is 10.7. The number of hydrogen-bond donors (Lipinski definition) is 1. The van der Waals surface area contributed by atoms with Crippen LogP contribution in [0.3, 0.4) is 0 Å². The number of hydrogen-bond acceptors (Lipinski definition) is 3. The van der Waals surface area contributed by atoms with Crippen LogP contribution in [-0.2, 0) is 6.42 Å². The Morgan fingerprint density at radius 2 is 2.22 bits per heavy atom. The van der Waals surface area contributed by atoms with Gasteiger partial charge in [0.25, 0.3) is 0 Å². The van der Waals surface area contributed by atoms with E-state index < -0.39 is 0 Å². The van der Waals surface area contributed by atoms with Crippen molar-refractivity contribution < 1.29 is 0 Å². The van der Waals surface area contributed by atoms with Crippen LogP contribution < -0.4 is 5.32 Å². The fourth-order valence-corrected chi connectivity index (χ4v) is 3.76. The normalized spacial score (nSPS) is 18.1. The summed E-state index contributed by atoms with van der Waals surface area (Å²) in [6, 6.07) is 5.10. The van der Waals surface area contributed by atoms with Gasteiger partial charge in [-0.15, -0.1) is 11.8 Å². The second-order valence-electron chi connectivity index (χ2n) is 5.27. The van der Waals surface area contributed by atoms with Crippen LogP contribution in [0.1, 0.15) is 24.0 Å². The number of aromatic nitrogens is 1. The molecule has 0 amide bonds. The summed E-state index contributed by atoms with van der Waals surface area (Å²) in [6.07, 6.45) is 5.81. The number of benzene rings is 1. The molecule has 4 rings (SSSR count). The Balaban J connectivity index is 2.00. The summed E-state index contributed by atoms with van der Waals surface area (Å²) in [4.78, 5) is 6.05. The number of pyridine rings is 1. The highest BCUT2D eigenvalue weighted by atomic mass is 32.2. The smallest absolute Gasteiger partial charge is 0.0726 e. The molecule has 0 saturated heterocycles. The van der Waals surface area contributed by atoms with Crippen LogP contribution in [-0.4, -0.2) is 16.8 Å². The zero-order chi connectivity index (χ0) is 12.1. The highest BCUT2D eigenvalue weighted by molar-refractivity contribution is 7.99. The minimum absolute atomic E-state index is 0.694. The van der Waals surface area contributed by atoms with E-state index >= 15 is 0 Å². The first-order valence-electron chi connectivity index (χ1n) is 6.63. The average Bonchev–Trinajstić information content (AvgIpc) is 3.06. The molecule has 1 N–H and O–H groups in total. The topological polar surface area (TPSA) is 24.9 Å². The molecule has 1 saturated carbocycles. The van der Waals surface area contributed by atoms with Gasteiger partial charge in [0.1, 0.15) is 0 Å². The van der Waals surface area contributed by atoms with Gasteiger partial charge < -0.3 is 5.32 Å². The zero-order valence-electron chi connectivity index (χ0n) is 10.5. The van der Waals surface area contributed by atoms with Crippen molar-refractivity contribution in [3.8, 4) is 0 Å². The van der Waals surface area contributed by atoms with E-state index in [4.69, 9.17) is 0 Å². The van der Waals surface area contributed by atoms with Crippen molar-refractivity contribution in [2.75, 3.05) is 11.1 Å². The van der Waals surface area contributed by atoms with Gasteiger partial charge in [-0.25, -0.2) is 0 Å². The molecular formula is C15H16N2S. The minimum Gasteiger partial charge on any atom is -0.381 e. The molecule has 2 heterocycles. The predicted octanol–water partition coefficient (Wildman–Crippen LogP) is 3.77. The molecule has 18 heavy (non-hydrogen) atoms. The molecule has 2 nitrogen and oxygen atoms in total. The molecular weight excluding hydrogens is 240 g/mol. The number of rotatable bonds is 2. The first-order chi connectivity index (χ1) is 8.83. The van der Waals surface area contributed by atoms with Crippen molar-refractivity contribution in [3.05, 3.63) is 29.5 Å². The lowest BCUT2D eigenvalue weighted by Gasteiger charge is -2.14. The van der Waals surface area contributed by atoms with Gasteiger partial charge in [-0.05, 0) is 49.4 Å². The summed E-state index contributed by atoms with van der Waals surface area (Å²) < 4.78 is 0. The van der Waals surface area contributed by atoms with Crippen LogP contribution in [0.15, 0.2) is 23.2 Å². The van der Waals surface area contributed by atoms with Crippen LogP contribution >= 0.6 is 11.8 Å². The second-order valence-corrected chi connectivity index (χ2v) is 6.41. The van der Waals surface area contributed by atoms with E-state index in [1.54, 1.807) is 0 Å². The van der Waals surface area contributed by atoms with Gasteiger partial charge in [-0.3, -0.25) is 4.98 Å². The SMILES string of the molecule is Cc1cnc2ccc3c(c2c1NC1CC1)CCS3. The molecule has 0 radical (unpaired) electrons. The molecule has 0 atom stereocenters. The number of anilines is 1. The summed E-state index contributed by atoms with van der Waals surface area (Å²) in [5.74, 6) is 1.21. The van der Waals surface area contributed by atoms with E-state index in [9.17, 15) is 0 Å². The van der Waals surface area contributed by atoms with Crippen LogP contribution in [0, 0.1) is 6.92 Å². The number of nitrogens with zero attached hydrogens (tertiary/aromatic N) is 1. The van der Waals surface area contributed by atoms with Gasteiger partial charge >= 0.3 is 0 Å². The zero-order valence-corrected chi connectivity index (χ0v) is 11.3. The minimum atomic E-state index is 0.694. The molecule has 1 aliphatic carbocycles. The largest absolute Gasteiger partial charge is 0.381 e. The summed E-state index contributed by atoms with van der Waals surface area (Å²) in [6.45, 7) is 2.17. The van der Waals surface area contributed by atoms with Crippen LogP contribution in [0.2, 0.25) is 0 Å². The van der Waals surface area contributed by atoms with Gasteiger partial charge in [0, 0.05) is 34.0 Å². The Morgan fingerprint density at radius 3 is 3.06 bits per heavy atom. The molecule has 2 aliphatic rings. The number of nitrogens with one attached hydrogen (secondary N) is 1. The number of fused-ring (bicyclic) bond motifs is 3. The lowest BCUT2D eigenvalue weighted by Crippen LogP contribution is -2.05. The molecule has 1 fully saturated rings. The Hall–Kier alpha value is -1.22. The van der Waals surface area contributed by atoms with E-state index in [0.29, 0.717) is 6.04 Å². The van der Waals surface area contributed by atoms with E-state index in [-0.39, 0.29) is 0 Å². The average molecular weight is 256 g/mol. The predicted molar refractivity (Wildman–Crippen MR) is 77.6 cm³/mol. The van der Waals surface area contributed by atoms with Crippen molar-refractivity contribution in [3.63, 3.8) is 0 Å². The molecule has 92 valence electrons. The van der Waals surface area contributed by atoms with E-state index in [2.05, 4.69) is 29.4 Å². The molecule has 0 unspecified atom stereocenters. The molecule has 2 aromatic rings. The standard InChI is InChI=1S/C15H16N2S/c1-9-8-16-12-4-5-13-11(6-7-18-13)14(12)15(9)17-10-2-3-10/h4-5,8,10H,2-3,6-7H2,1H3,(H,16,17). The molecule has 1 aromatic heterocycles. The van der Waals surface area contributed by atoms with Gasteiger partial charge in [-0.2, -0.15) is 0 Å². The first-order valence-corrected chi connectivity index (χ1v) is 7.62. The Kier molecular flexibility index (Phi) is 2.31. The Bertz CT molecular complexity index is 632. The summed E-state index contributed by atoms with van der Waals surface area (Å²) in [5.41, 5.74) is 5.27. The highest BCUT2D eigenvalue weighted by Gasteiger charge is 2.24. The fourth-order valence-electron chi connectivity index (χ4n) is 2.70. The number of aryl methyl sites for hydroxylation is 2. The molecule has 3 heteroatoms. The van der Waals surface area contributed by atoms with Gasteiger partial charge in [0.15, 0.2) is 0 Å². The molecule has 0 spiro atoms. The van der Waals surface area contributed by atoms with E-state index in [0.717, 1.165) is 5.52 Å². The third kappa shape index (κ3) is 1.61. The van der Waals surface area contributed by atoms with Gasteiger partial charge in [-0.1, -0.05) is 0 Å². The fraction of sp³-hybridized carbons (Fsp3) is 0.400. The van der Waals surface area contributed by atoms with Crippen molar-refractivity contribution in [2.45, 2.75) is 37.1 Å². The van der Waals surface area contributed by atoms with Crippen LogP contribution in [0.4, 0.5) is 5.69 Å². The van der Waals surface area contributed by atoms with E-state index in [1.807, 2.05) is 18.0 Å². The Labute approximate surface area is 111 Å². The summed E-state index contributed by atoms with van der Waals surface area (Å²) >= 11 is 1.98. The lowest BCUT2D eigenvalue weighted by molar-refractivity contribution is 1.13. The van der Waals surface area contributed by atoms with E-state index in [1.165, 1.54) is 52.1 Å². The summed E-state index contributed by atoms with van der Waals surface area (Å²) in [7, 11) is 0. The monoisotopic (exact) mass is 256 g/mol. The van der Waals surface area contributed by atoms with Gasteiger partial charge in [0.05, 0.1) is 5.52 Å². The molecule has 1 aromatic carbocycles. The van der Waals surface area contributed by atoms with Crippen LogP contribution in [0.5, 0.6) is 0 Å². The maximum Gasteiger partial charge on any atom is 0.0726 e. The lowest BCUT2D eigenvalue weighted by atomic mass is 10.0. The molecule has 0 bridgehead atoms. The summed E-state index contributed by atoms with van der Waals surface area (Å²) in [5, 5.41) is 5.09. The molecule has 1 aliphatic heterocycles. The van der Waals surface area contributed by atoms with Gasteiger partial charge in [0.2, 0.25) is 0 Å². The number of thioether (sulfide) groups is 1. The Morgan fingerprint density at radius 1 is 1.33 bits per heavy atom. The van der Waals surface area contributed by atoms with Crippen molar-refractivity contribution in [1.29, 1.82) is 0 Å². The van der Waals surface area contributed by atoms with Crippen molar-refractivity contribution >= 4 is 28.4 Å². The third-order valence-electron chi connectivity index (χ3n) is 3.82.